The van der Waals surface area contributed by atoms with E-state index in [2.05, 4.69) is 61.8 Å². The Kier molecular flexibility index (Phi) is 5.22. The molecular formula is C17H27N3S. The largest absolute Gasteiger partial charge is 0.305 e. The van der Waals surface area contributed by atoms with Crippen LogP contribution in [0.15, 0.2) is 23.7 Å². The fourth-order valence-corrected chi connectivity index (χ4v) is 3.49. The fourth-order valence-electron chi connectivity index (χ4n) is 2.65. The zero-order chi connectivity index (χ0) is 15.5. The first-order valence-electron chi connectivity index (χ1n) is 7.71. The van der Waals surface area contributed by atoms with Gasteiger partial charge in [0.05, 0.1) is 5.69 Å². The first-order chi connectivity index (χ1) is 9.91. The molecule has 3 nitrogen and oxygen atoms in total. The number of aromatic nitrogens is 2. The number of hydrogen-bond donors (Lipinski definition) is 1. The van der Waals surface area contributed by atoms with Crippen molar-refractivity contribution in [1.82, 2.24) is 15.1 Å². The Morgan fingerprint density at radius 3 is 2.71 bits per heavy atom. The number of nitrogens with zero attached hydrogens (tertiary/aromatic N) is 2. The summed E-state index contributed by atoms with van der Waals surface area (Å²) in [6.45, 7) is 9.79. The van der Waals surface area contributed by atoms with E-state index in [9.17, 15) is 0 Å². The highest BCUT2D eigenvalue weighted by Gasteiger charge is 2.22. The summed E-state index contributed by atoms with van der Waals surface area (Å²) in [4.78, 5) is 1.43. The summed E-state index contributed by atoms with van der Waals surface area (Å²) in [5, 5.41) is 10.5. The first-order valence-corrected chi connectivity index (χ1v) is 8.59. The summed E-state index contributed by atoms with van der Waals surface area (Å²) in [5.41, 5.74) is 2.59. The Hall–Kier alpha value is -1.13. The highest BCUT2D eigenvalue weighted by atomic mass is 32.1. The lowest BCUT2D eigenvalue weighted by molar-refractivity contribution is 0.491. The van der Waals surface area contributed by atoms with Gasteiger partial charge in [-0.05, 0) is 17.9 Å². The summed E-state index contributed by atoms with van der Waals surface area (Å²) in [7, 11) is 2.00. The van der Waals surface area contributed by atoms with Crippen molar-refractivity contribution in [1.29, 1.82) is 0 Å². The Morgan fingerprint density at radius 2 is 2.14 bits per heavy atom. The number of nitrogens with one attached hydrogen (secondary N) is 1. The van der Waals surface area contributed by atoms with Crippen molar-refractivity contribution in [3.8, 4) is 0 Å². The van der Waals surface area contributed by atoms with Crippen molar-refractivity contribution < 1.29 is 0 Å². The molecule has 2 aromatic rings. The van der Waals surface area contributed by atoms with E-state index in [1.54, 1.807) is 0 Å². The maximum Gasteiger partial charge on any atom is 0.0722 e. The average Bonchev–Trinajstić information content (AvgIpc) is 3.03. The quantitative estimate of drug-likeness (QED) is 0.856. The van der Waals surface area contributed by atoms with Gasteiger partial charge >= 0.3 is 0 Å². The van der Waals surface area contributed by atoms with E-state index < -0.39 is 0 Å². The predicted molar refractivity (Wildman–Crippen MR) is 90.7 cm³/mol. The Labute approximate surface area is 132 Å². The molecule has 2 rings (SSSR count). The van der Waals surface area contributed by atoms with Crippen LogP contribution in [-0.4, -0.2) is 9.78 Å². The highest BCUT2D eigenvalue weighted by Crippen LogP contribution is 2.27. The van der Waals surface area contributed by atoms with Crippen LogP contribution in [-0.2, 0) is 19.0 Å². The highest BCUT2D eigenvalue weighted by molar-refractivity contribution is 7.10. The minimum Gasteiger partial charge on any atom is -0.305 e. The third-order valence-electron chi connectivity index (χ3n) is 3.62. The number of aryl methyl sites for hydroxylation is 1. The second-order valence-corrected chi connectivity index (χ2v) is 7.64. The van der Waals surface area contributed by atoms with Crippen LogP contribution >= 0.6 is 11.3 Å². The van der Waals surface area contributed by atoms with Crippen molar-refractivity contribution in [3.05, 3.63) is 39.8 Å². The van der Waals surface area contributed by atoms with Crippen molar-refractivity contribution in [2.24, 2.45) is 7.05 Å². The first kappa shape index (κ1) is 16.2. The van der Waals surface area contributed by atoms with E-state index in [0.29, 0.717) is 6.04 Å². The van der Waals surface area contributed by atoms with Crippen LogP contribution < -0.4 is 5.32 Å². The van der Waals surface area contributed by atoms with Crippen molar-refractivity contribution >= 4 is 11.3 Å². The molecule has 0 amide bonds. The summed E-state index contributed by atoms with van der Waals surface area (Å²) in [6, 6.07) is 4.81. The normalized spacial score (nSPS) is 13.6. The lowest BCUT2D eigenvalue weighted by atomic mass is 9.89. The third-order valence-corrected chi connectivity index (χ3v) is 4.60. The van der Waals surface area contributed by atoms with Crippen molar-refractivity contribution in [2.45, 2.75) is 58.5 Å². The topological polar surface area (TPSA) is 29.9 Å². The lowest BCUT2D eigenvalue weighted by Crippen LogP contribution is -2.22. The van der Waals surface area contributed by atoms with E-state index in [-0.39, 0.29) is 5.41 Å². The van der Waals surface area contributed by atoms with E-state index in [1.807, 2.05) is 23.1 Å². The van der Waals surface area contributed by atoms with Crippen molar-refractivity contribution in [2.75, 3.05) is 0 Å². The molecule has 1 unspecified atom stereocenters. The molecule has 0 bridgehead atoms. The molecule has 1 atom stereocenters. The maximum atomic E-state index is 4.65. The van der Waals surface area contributed by atoms with E-state index >= 15 is 0 Å². The van der Waals surface area contributed by atoms with Crippen LogP contribution in [0.2, 0.25) is 0 Å². The zero-order valence-electron chi connectivity index (χ0n) is 13.8. The fraction of sp³-hybridized carbons (Fsp3) is 0.588. The molecule has 2 aromatic heterocycles. The van der Waals surface area contributed by atoms with Gasteiger partial charge < -0.3 is 5.32 Å². The lowest BCUT2D eigenvalue weighted by Gasteiger charge is -2.20. The molecule has 0 saturated heterocycles. The third kappa shape index (κ3) is 4.17. The van der Waals surface area contributed by atoms with Gasteiger partial charge in [-0.15, -0.1) is 11.3 Å². The minimum absolute atomic E-state index is 0.0848. The van der Waals surface area contributed by atoms with Crippen LogP contribution in [0.25, 0.3) is 0 Å². The van der Waals surface area contributed by atoms with Crippen LogP contribution in [0.5, 0.6) is 0 Å². The molecule has 0 spiro atoms. The molecular weight excluding hydrogens is 278 g/mol. The number of hydrogen-bond acceptors (Lipinski definition) is 3. The summed E-state index contributed by atoms with van der Waals surface area (Å²) < 4.78 is 1.93. The zero-order valence-corrected chi connectivity index (χ0v) is 14.6. The molecule has 21 heavy (non-hydrogen) atoms. The standard InChI is InChI=1S/C17H27N3S/c1-6-8-14(15-9-7-10-21-15)18-11-13-12-20(5)19-16(13)17(2,3)4/h7,9-10,12,14,18H,6,8,11H2,1-5H3. The molecule has 0 aliphatic heterocycles. The predicted octanol–water partition coefficient (Wildman–Crippen LogP) is 4.41. The van der Waals surface area contributed by atoms with Gasteiger partial charge in [-0.1, -0.05) is 40.2 Å². The molecule has 0 fully saturated rings. The van der Waals surface area contributed by atoms with Gasteiger partial charge in [-0.3, -0.25) is 4.68 Å². The van der Waals surface area contributed by atoms with Gasteiger partial charge in [0.1, 0.15) is 0 Å². The number of rotatable bonds is 6. The second kappa shape index (κ2) is 6.75. The molecule has 0 saturated carbocycles. The average molecular weight is 305 g/mol. The molecule has 2 heterocycles. The molecule has 116 valence electrons. The molecule has 1 N–H and O–H groups in total. The van der Waals surface area contributed by atoms with Gasteiger partial charge in [0.15, 0.2) is 0 Å². The van der Waals surface area contributed by atoms with Crippen LogP contribution in [0, 0.1) is 0 Å². The smallest absolute Gasteiger partial charge is 0.0722 e. The van der Waals surface area contributed by atoms with Gasteiger partial charge in [-0.2, -0.15) is 5.10 Å². The van der Waals surface area contributed by atoms with Gasteiger partial charge in [-0.25, -0.2) is 0 Å². The van der Waals surface area contributed by atoms with E-state index in [1.165, 1.54) is 29.0 Å². The molecule has 0 radical (unpaired) electrons. The summed E-state index contributed by atoms with van der Waals surface area (Å²) in [5.74, 6) is 0. The molecule has 0 aliphatic rings. The van der Waals surface area contributed by atoms with Gasteiger partial charge in [0.2, 0.25) is 0 Å². The second-order valence-electron chi connectivity index (χ2n) is 6.66. The number of thiophene rings is 1. The molecule has 4 heteroatoms. The van der Waals surface area contributed by atoms with Crippen molar-refractivity contribution in [3.63, 3.8) is 0 Å². The molecule has 0 aliphatic carbocycles. The van der Waals surface area contributed by atoms with Gasteiger partial charge in [0.25, 0.3) is 0 Å². The Bertz CT molecular complexity index is 549. The monoisotopic (exact) mass is 305 g/mol. The maximum absolute atomic E-state index is 4.65. The van der Waals surface area contributed by atoms with Gasteiger partial charge in [0, 0.05) is 41.7 Å². The van der Waals surface area contributed by atoms with E-state index in [0.717, 1.165) is 6.54 Å². The van der Waals surface area contributed by atoms with Crippen LogP contribution in [0.1, 0.15) is 62.7 Å². The summed E-state index contributed by atoms with van der Waals surface area (Å²) >= 11 is 1.84. The Balaban J connectivity index is 2.11. The van der Waals surface area contributed by atoms with E-state index in [4.69, 9.17) is 0 Å². The SMILES string of the molecule is CCCC(NCc1cn(C)nc1C(C)(C)C)c1cccs1. The summed E-state index contributed by atoms with van der Waals surface area (Å²) in [6.07, 6.45) is 4.51. The molecule has 0 aromatic carbocycles. The Morgan fingerprint density at radius 1 is 1.38 bits per heavy atom. The minimum atomic E-state index is 0.0848. The van der Waals surface area contributed by atoms with Crippen LogP contribution in [0.3, 0.4) is 0 Å². The van der Waals surface area contributed by atoms with Crippen LogP contribution in [0.4, 0.5) is 0 Å².